The summed E-state index contributed by atoms with van der Waals surface area (Å²) in [4.78, 5) is 0. The molecule has 0 aromatic rings. The first-order valence-electron chi connectivity index (χ1n) is 3.59. The van der Waals surface area contributed by atoms with E-state index in [2.05, 4.69) is 25.0 Å². The Labute approximate surface area is 62.7 Å². The lowest BCUT2D eigenvalue weighted by Gasteiger charge is -1.92. The zero-order chi connectivity index (χ0) is 7.98. The first-order chi connectivity index (χ1) is 4.70. The molecule has 0 bridgehead atoms. The predicted octanol–water partition coefficient (Wildman–Crippen LogP) is 0.689. The van der Waals surface area contributed by atoms with Crippen LogP contribution in [0.15, 0.2) is 5.10 Å². The van der Waals surface area contributed by atoms with Gasteiger partial charge in [0.1, 0.15) is 0 Å². The van der Waals surface area contributed by atoms with Crippen LogP contribution < -0.4 is 0 Å². The van der Waals surface area contributed by atoms with Crippen LogP contribution in [0.25, 0.3) is 0 Å². The third-order valence-corrected chi connectivity index (χ3v) is 1.15. The van der Waals surface area contributed by atoms with Gasteiger partial charge >= 0.3 is 6.01 Å². The van der Waals surface area contributed by atoms with E-state index in [-0.39, 0.29) is 0 Å². The van der Waals surface area contributed by atoms with Gasteiger partial charge in [-0.1, -0.05) is 0 Å². The first-order valence-corrected chi connectivity index (χ1v) is 3.59. The molecule has 3 nitrogen and oxygen atoms in total. The van der Waals surface area contributed by atoms with Crippen LogP contribution in [0, 0.1) is 0 Å². The van der Waals surface area contributed by atoms with Crippen LogP contribution in [0.2, 0.25) is 0 Å². The normalized spacial score (nSPS) is 8.40. The SMILES string of the molecule is CC[N+](=C=NN(C)C)CC. The topological polar surface area (TPSA) is 18.6 Å². The molecule has 0 radical (unpaired) electrons. The van der Waals surface area contributed by atoms with Gasteiger partial charge in [-0.15, -0.1) is 0 Å². The fourth-order valence-corrected chi connectivity index (χ4v) is 0.518. The summed E-state index contributed by atoms with van der Waals surface area (Å²) in [5, 5.41) is 5.71. The Kier molecular flexibility index (Phi) is 4.59. The molecule has 58 valence electrons. The Bertz CT molecular complexity index is 137. The summed E-state index contributed by atoms with van der Waals surface area (Å²) in [7, 11) is 3.77. The molecule has 0 aliphatic carbocycles. The summed E-state index contributed by atoms with van der Waals surface area (Å²) in [5.41, 5.74) is 0. The monoisotopic (exact) mass is 142 g/mol. The molecule has 0 aromatic carbocycles. The van der Waals surface area contributed by atoms with Crippen LogP contribution in [-0.4, -0.2) is 42.8 Å². The fourth-order valence-electron chi connectivity index (χ4n) is 0.518. The summed E-state index contributed by atoms with van der Waals surface area (Å²) >= 11 is 0. The van der Waals surface area contributed by atoms with Crippen LogP contribution in [-0.2, 0) is 0 Å². The van der Waals surface area contributed by atoms with Crippen molar-refractivity contribution < 1.29 is 4.58 Å². The minimum absolute atomic E-state index is 0.966. The summed E-state index contributed by atoms with van der Waals surface area (Å²) < 4.78 is 2.01. The maximum absolute atomic E-state index is 3.98. The third kappa shape index (κ3) is 4.10. The molecule has 0 saturated heterocycles. The Morgan fingerprint density at radius 2 is 1.80 bits per heavy atom. The number of rotatable bonds is 3. The van der Waals surface area contributed by atoms with Gasteiger partial charge in [0.05, 0.1) is 18.2 Å². The zero-order valence-corrected chi connectivity index (χ0v) is 7.26. The summed E-state index contributed by atoms with van der Waals surface area (Å²) in [5.74, 6) is 0. The molecule has 0 aromatic heterocycles. The van der Waals surface area contributed by atoms with E-state index in [1.54, 1.807) is 5.01 Å². The van der Waals surface area contributed by atoms with Crippen LogP contribution in [0.4, 0.5) is 0 Å². The molecule has 0 aliphatic rings. The van der Waals surface area contributed by atoms with Crippen molar-refractivity contribution in [2.45, 2.75) is 13.8 Å². The van der Waals surface area contributed by atoms with Gasteiger partial charge in [0.2, 0.25) is 0 Å². The van der Waals surface area contributed by atoms with Crippen molar-refractivity contribution in [3.05, 3.63) is 0 Å². The van der Waals surface area contributed by atoms with Gasteiger partial charge in [-0.05, 0) is 13.8 Å². The summed E-state index contributed by atoms with van der Waals surface area (Å²) in [6.07, 6.45) is 0. The smallest absolute Gasteiger partial charge is 0.218 e. The van der Waals surface area contributed by atoms with Crippen molar-refractivity contribution in [3.8, 4) is 0 Å². The van der Waals surface area contributed by atoms with Gasteiger partial charge in [0, 0.05) is 14.1 Å². The number of nitrogens with zero attached hydrogens (tertiary/aromatic N) is 3. The second-order valence-electron chi connectivity index (χ2n) is 2.22. The second kappa shape index (κ2) is 5.00. The molecule has 0 saturated carbocycles. The average molecular weight is 142 g/mol. The molecule has 0 rings (SSSR count). The first kappa shape index (κ1) is 9.18. The standard InChI is InChI=1S/C7H16N3/c1-5-10(6-2)7-8-9(3)4/h5-6H2,1-4H3/q+1. The molecule has 0 atom stereocenters. The lowest BCUT2D eigenvalue weighted by molar-refractivity contribution is -0.514. The number of hydrogen-bond acceptors (Lipinski definition) is 2. The zero-order valence-electron chi connectivity index (χ0n) is 7.26. The van der Waals surface area contributed by atoms with Crippen molar-refractivity contribution in [3.63, 3.8) is 0 Å². The van der Waals surface area contributed by atoms with Crippen LogP contribution >= 0.6 is 0 Å². The van der Waals surface area contributed by atoms with Gasteiger partial charge in [0.25, 0.3) is 0 Å². The van der Waals surface area contributed by atoms with Crippen molar-refractivity contribution >= 4 is 6.01 Å². The van der Waals surface area contributed by atoms with Crippen molar-refractivity contribution in [1.82, 2.24) is 5.01 Å². The Morgan fingerprint density at radius 1 is 1.30 bits per heavy atom. The summed E-state index contributed by atoms with van der Waals surface area (Å²) in [6.45, 7) is 6.10. The van der Waals surface area contributed by atoms with E-state index in [1.807, 2.05) is 18.7 Å². The van der Waals surface area contributed by atoms with Gasteiger partial charge in [-0.3, -0.25) is 0 Å². The van der Waals surface area contributed by atoms with E-state index in [0.717, 1.165) is 13.1 Å². The Balaban J connectivity index is 4.08. The second-order valence-corrected chi connectivity index (χ2v) is 2.22. The molecule has 0 amide bonds. The summed E-state index contributed by atoms with van der Waals surface area (Å²) in [6, 6.07) is 2.90. The highest BCUT2D eigenvalue weighted by molar-refractivity contribution is 5.33. The van der Waals surface area contributed by atoms with E-state index in [9.17, 15) is 0 Å². The molecule has 0 spiro atoms. The minimum atomic E-state index is 0.966. The van der Waals surface area contributed by atoms with E-state index >= 15 is 0 Å². The highest BCUT2D eigenvalue weighted by atomic mass is 15.4. The van der Waals surface area contributed by atoms with Gasteiger partial charge in [-0.2, -0.15) is 0 Å². The van der Waals surface area contributed by atoms with E-state index in [0.29, 0.717) is 0 Å². The van der Waals surface area contributed by atoms with Crippen LogP contribution in [0.5, 0.6) is 0 Å². The van der Waals surface area contributed by atoms with Crippen LogP contribution in [0.1, 0.15) is 13.8 Å². The Morgan fingerprint density at radius 3 is 2.10 bits per heavy atom. The molecule has 0 aliphatic heterocycles. The molecule has 0 fully saturated rings. The minimum Gasteiger partial charge on any atom is -0.218 e. The third-order valence-electron chi connectivity index (χ3n) is 1.15. The largest absolute Gasteiger partial charge is 0.338 e. The quantitative estimate of drug-likeness (QED) is 0.322. The molecule has 0 unspecified atom stereocenters. The van der Waals surface area contributed by atoms with Crippen LogP contribution in [0.3, 0.4) is 0 Å². The van der Waals surface area contributed by atoms with Gasteiger partial charge in [-0.25, -0.2) is 9.58 Å². The number of hydrogen-bond donors (Lipinski definition) is 0. The maximum atomic E-state index is 3.98. The van der Waals surface area contributed by atoms with E-state index in [1.165, 1.54) is 0 Å². The highest BCUT2D eigenvalue weighted by Gasteiger charge is 1.90. The fraction of sp³-hybridized carbons (Fsp3) is 0.857. The van der Waals surface area contributed by atoms with E-state index in [4.69, 9.17) is 0 Å². The van der Waals surface area contributed by atoms with Crippen molar-refractivity contribution in [2.24, 2.45) is 5.10 Å². The lowest BCUT2D eigenvalue weighted by atomic mass is 10.6. The molecular formula is C7H16N3+. The number of hydrazone groups is 1. The Hall–Kier alpha value is -0.820. The lowest BCUT2D eigenvalue weighted by Crippen LogP contribution is -2.10. The average Bonchev–Trinajstić information content (AvgIpc) is 1.90. The molecule has 0 N–H and O–H groups in total. The van der Waals surface area contributed by atoms with Crippen molar-refractivity contribution in [1.29, 1.82) is 0 Å². The highest BCUT2D eigenvalue weighted by Crippen LogP contribution is 1.72. The van der Waals surface area contributed by atoms with E-state index < -0.39 is 0 Å². The predicted molar refractivity (Wildman–Crippen MR) is 42.5 cm³/mol. The van der Waals surface area contributed by atoms with Gasteiger partial charge in [0.15, 0.2) is 0 Å². The molecular weight excluding hydrogens is 126 g/mol. The van der Waals surface area contributed by atoms with Gasteiger partial charge < -0.3 is 0 Å². The molecule has 10 heavy (non-hydrogen) atoms. The molecule has 3 heteroatoms. The van der Waals surface area contributed by atoms with Crippen molar-refractivity contribution in [2.75, 3.05) is 27.2 Å². The maximum Gasteiger partial charge on any atom is 0.338 e. The molecule has 0 heterocycles.